The summed E-state index contributed by atoms with van der Waals surface area (Å²) in [5.74, 6) is 0.434. The summed E-state index contributed by atoms with van der Waals surface area (Å²) in [5, 5.41) is 23.8. The molecule has 0 saturated heterocycles. The highest BCUT2D eigenvalue weighted by molar-refractivity contribution is 9.09. The van der Waals surface area contributed by atoms with Crippen molar-refractivity contribution in [2.24, 2.45) is 0 Å². The summed E-state index contributed by atoms with van der Waals surface area (Å²) >= 11 is 3.16. The maximum atomic E-state index is 12.3. The van der Waals surface area contributed by atoms with Crippen molar-refractivity contribution in [2.45, 2.75) is 19.4 Å². The normalized spacial score (nSPS) is 12.7. The van der Waals surface area contributed by atoms with E-state index in [4.69, 9.17) is 9.47 Å². The Labute approximate surface area is 164 Å². The van der Waals surface area contributed by atoms with E-state index in [0.717, 1.165) is 0 Å². The van der Waals surface area contributed by atoms with E-state index in [1.54, 1.807) is 31.2 Å². The number of amides is 1. The molecule has 2 aromatic carbocycles. The van der Waals surface area contributed by atoms with E-state index < -0.39 is 16.4 Å². The molecular formula is C18H19BrN2O6. The summed E-state index contributed by atoms with van der Waals surface area (Å²) in [5.41, 5.74) is -0.736. The van der Waals surface area contributed by atoms with Crippen LogP contribution < -0.4 is 14.8 Å². The number of benzene rings is 2. The number of ether oxygens (including phenoxy) is 2. The van der Waals surface area contributed by atoms with Gasteiger partial charge in [0.1, 0.15) is 23.6 Å². The van der Waals surface area contributed by atoms with Crippen molar-refractivity contribution in [3.05, 3.63) is 58.1 Å². The van der Waals surface area contributed by atoms with Gasteiger partial charge >= 0.3 is 0 Å². The molecular weight excluding hydrogens is 420 g/mol. The molecule has 0 spiro atoms. The highest BCUT2D eigenvalue weighted by Crippen LogP contribution is 2.23. The Kier molecular flexibility index (Phi) is 6.75. The molecule has 0 fully saturated rings. The first kappa shape index (κ1) is 20.7. The molecule has 27 heavy (non-hydrogen) atoms. The van der Waals surface area contributed by atoms with Crippen LogP contribution in [0.2, 0.25) is 0 Å². The molecule has 0 bridgehead atoms. The Hall–Kier alpha value is -2.65. The number of aliphatic hydroxyl groups is 1. The number of hydrogen-bond acceptors (Lipinski definition) is 6. The lowest BCUT2D eigenvalue weighted by Gasteiger charge is -2.22. The third-order valence-corrected chi connectivity index (χ3v) is 3.93. The highest BCUT2D eigenvalue weighted by atomic mass is 79.9. The molecule has 1 amide bonds. The van der Waals surface area contributed by atoms with Gasteiger partial charge in [0.2, 0.25) is 0 Å². The largest absolute Gasteiger partial charge is 0.490 e. The van der Waals surface area contributed by atoms with E-state index in [-0.39, 0.29) is 12.3 Å². The second kappa shape index (κ2) is 8.83. The van der Waals surface area contributed by atoms with Crippen LogP contribution in [0.1, 0.15) is 12.5 Å². The Morgan fingerprint density at radius 2 is 1.81 bits per heavy atom. The highest BCUT2D eigenvalue weighted by Gasteiger charge is 2.31. The molecule has 0 aliphatic rings. The Bertz CT molecular complexity index is 823. The maximum absolute atomic E-state index is 12.3. The van der Waals surface area contributed by atoms with Gasteiger partial charge < -0.3 is 19.9 Å². The first-order chi connectivity index (χ1) is 12.7. The zero-order valence-corrected chi connectivity index (χ0v) is 16.4. The maximum Gasteiger partial charge on any atom is 0.272 e. The Morgan fingerprint density at radius 3 is 2.33 bits per heavy atom. The standard InChI is InChI=1S/C18H19BrN2O6/c1-12-9-13(3-8-16(12)21(24)25)20-17(22)18(2,23)10-26-14-4-6-15(7-5-14)27-11-19/h3-9,23H,10-11H2,1-2H3,(H,20,22). The van der Waals surface area contributed by atoms with Gasteiger partial charge in [-0.3, -0.25) is 14.9 Å². The van der Waals surface area contributed by atoms with Gasteiger partial charge in [0.15, 0.2) is 5.60 Å². The number of nitro benzene ring substituents is 1. The van der Waals surface area contributed by atoms with E-state index in [1.165, 1.54) is 25.1 Å². The SMILES string of the molecule is Cc1cc(NC(=O)C(C)(O)COc2ccc(OCBr)cc2)ccc1[N+](=O)[O-]. The van der Waals surface area contributed by atoms with Gasteiger partial charge in [-0.2, -0.15) is 0 Å². The number of alkyl halides is 1. The predicted octanol–water partition coefficient (Wildman–Crippen LogP) is 3.40. The van der Waals surface area contributed by atoms with Gasteiger partial charge in [-0.05, 0) is 66.2 Å². The van der Waals surface area contributed by atoms with Crippen molar-refractivity contribution < 1.29 is 24.3 Å². The minimum atomic E-state index is -1.80. The van der Waals surface area contributed by atoms with Crippen molar-refractivity contribution in [3.63, 3.8) is 0 Å². The molecule has 2 rings (SSSR count). The van der Waals surface area contributed by atoms with E-state index in [2.05, 4.69) is 21.2 Å². The van der Waals surface area contributed by atoms with Crippen LogP contribution in [-0.4, -0.2) is 33.7 Å². The summed E-state index contributed by atoms with van der Waals surface area (Å²) < 4.78 is 10.7. The average molecular weight is 439 g/mol. The smallest absolute Gasteiger partial charge is 0.272 e. The first-order valence-electron chi connectivity index (χ1n) is 7.93. The van der Waals surface area contributed by atoms with Gasteiger partial charge in [-0.15, -0.1) is 0 Å². The molecule has 8 nitrogen and oxygen atoms in total. The number of halogens is 1. The van der Waals surface area contributed by atoms with Crippen LogP contribution in [0, 0.1) is 17.0 Å². The zero-order chi connectivity index (χ0) is 20.0. The predicted molar refractivity (Wildman–Crippen MR) is 103 cm³/mol. The second-order valence-electron chi connectivity index (χ2n) is 6.00. The zero-order valence-electron chi connectivity index (χ0n) is 14.8. The minimum Gasteiger partial charge on any atom is -0.490 e. The number of nitrogens with zero attached hydrogens (tertiary/aromatic N) is 1. The van der Waals surface area contributed by atoms with Crippen LogP contribution in [0.15, 0.2) is 42.5 Å². The van der Waals surface area contributed by atoms with Crippen molar-refractivity contribution in [3.8, 4) is 11.5 Å². The first-order valence-corrected chi connectivity index (χ1v) is 9.05. The van der Waals surface area contributed by atoms with Gasteiger partial charge in [0.05, 0.1) is 4.92 Å². The fourth-order valence-electron chi connectivity index (χ4n) is 2.19. The Morgan fingerprint density at radius 1 is 1.22 bits per heavy atom. The molecule has 0 aliphatic carbocycles. The van der Waals surface area contributed by atoms with Crippen LogP contribution >= 0.6 is 15.9 Å². The van der Waals surface area contributed by atoms with Crippen molar-refractivity contribution in [1.29, 1.82) is 0 Å². The van der Waals surface area contributed by atoms with Crippen LogP contribution in [0.5, 0.6) is 11.5 Å². The van der Waals surface area contributed by atoms with Crippen molar-refractivity contribution in [1.82, 2.24) is 0 Å². The molecule has 1 atom stereocenters. The summed E-state index contributed by atoms with van der Waals surface area (Å²) in [7, 11) is 0. The lowest BCUT2D eigenvalue weighted by atomic mass is 10.1. The number of aryl methyl sites for hydroxylation is 1. The van der Waals surface area contributed by atoms with Gasteiger partial charge in [0.25, 0.3) is 11.6 Å². The van der Waals surface area contributed by atoms with Crippen LogP contribution in [0.25, 0.3) is 0 Å². The summed E-state index contributed by atoms with van der Waals surface area (Å²) in [6.07, 6.45) is 0. The van der Waals surface area contributed by atoms with E-state index in [0.29, 0.717) is 28.3 Å². The van der Waals surface area contributed by atoms with Gasteiger partial charge in [-0.1, -0.05) is 0 Å². The molecule has 0 radical (unpaired) electrons. The lowest BCUT2D eigenvalue weighted by molar-refractivity contribution is -0.385. The molecule has 1 unspecified atom stereocenters. The van der Waals surface area contributed by atoms with E-state index >= 15 is 0 Å². The number of carbonyl (C=O) groups excluding carboxylic acids is 1. The summed E-state index contributed by atoms with van der Waals surface area (Å²) in [4.78, 5) is 22.7. The number of rotatable bonds is 8. The van der Waals surface area contributed by atoms with Crippen LogP contribution in [0.4, 0.5) is 11.4 Å². The van der Waals surface area contributed by atoms with Crippen molar-refractivity contribution in [2.75, 3.05) is 17.4 Å². The number of anilines is 1. The monoisotopic (exact) mass is 438 g/mol. The topological polar surface area (TPSA) is 111 Å². The third kappa shape index (κ3) is 5.66. The number of hydrogen-bond donors (Lipinski definition) is 2. The summed E-state index contributed by atoms with van der Waals surface area (Å²) in [6.45, 7) is 2.62. The quantitative estimate of drug-likeness (QED) is 0.371. The number of nitrogens with one attached hydrogen (secondary N) is 1. The van der Waals surface area contributed by atoms with E-state index in [1.807, 2.05) is 0 Å². The fourth-order valence-corrected chi connectivity index (χ4v) is 2.45. The summed E-state index contributed by atoms with van der Waals surface area (Å²) in [6, 6.07) is 10.9. The van der Waals surface area contributed by atoms with Crippen molar-refractivity contribution >= 4 is 33.2 Å². The molecule has 0 heterocycles. The lowest BCUT2D eigenvalue weighted by Crippen LogP contribution is -2.45. The fraction of sp³-hybridized carbons (Fsp3) is 0.278. The minimum absolute atomic E-state index is 0.0459. The molecule has 0 saturated carbocycles. The third-order valence-electron chi connectivity index (χ3n) is 3.71. The molecule has 0 aromatic heterocycles. The van der Waals surface area contributed by atoms with Crippen LogP contribution in [0.3, 0.4) is 0 Å². The molecule has 9 heteroatoms. The Balaban J connectivity index is 1.98. The average Bonchev–Trinajstić information content (AvgIpc) is 2.61. The molecule has 2 N–H and O–H groups in total. The number of carbonyl (C=O) groups is 1. The van der Waals surface area contributed by atoms with Gasteiger partial charge in [-0.25, -0.2) is 0 Å². The number of nitro groups is 1. The van der Waals surface area contributed by atoms with E-state index in [9.17, 15) is 20.0 Å². The molecule has 2 aromatic rings. The van der Waals surface area contributed by atoms with Gasteiger partial charge in [0, 0.05) is 17.3 Å². The molecule has 144 valence electrons. The van der Waals surface area contributed by atoms with Crippen LogP contribution in [-0.2, 0) is 4.79 Å². The second-order valence-corrected chi connectivity index (χ2v) is 6.46. The molecule has 0 aliphatic heterocycles.